The van der Waals surface area contributed by atoms with Gasteiger partial charge in [0, 0.05) is 10.6 Å². The highest BCUT2D eigenvalue weighted by Crippen LogP contribution is 2.35. The van der Waals surface area contributed by atoms with E-state index in [0.717, 1.165) is 22.4 Å². The van der Waals surface area contributed by atoms with Gasteiger partial charge in [0.25, 0.3) is 0 Å². The number of halogens is 1. The molecular weight excluding hydrogens is 400 g/mol. The minimum absolute atomic E-state index is 0.249. The van der Waals surface area contributed by atoms with Crippen LogP contribution in [0, 0.1) is 0 Å². The van der Waals surface area contributed by atoms with Gasteiger partial charge in [-0.15, -0.1) is 0 Å². The topological polar surface area (TPSA) is 109 Å². The second kappa shape index (κ2) is 8.57. The lowest BCUT2D eigenvalue weighted by molar-refractivity contribution is -0.231. The maximum absolute atomic E-state index is 10.4. The van der Waals surface area contributed by atoms with Crippen molar-refractivity contribution in [3.8, 4) is 5.75 Å². The van der Waals surface area contributed by atoms with E-state index in [1.165, 1.54) is 0 Å². The second-order valence-electron chi connectivity index (χ2n) is 7.33. The summed E-state index contributed by atoms with van der Waals surface area (Å²) in [6, 6.07) is 11.1. The van der Waals surface area contributed by atoms with Crippen LogP contribution >= 0.6 is 11.6 Å². The zero-order valence-corrected chi connectivity index (χ0v) is 16.3. The van der Waals surface area contributed by atoms with Crippen LogP contribution < -0.4 is 4.74 Å². The molecule has 2 aromatic carbocycles. The van der Waals surface area contributed by atoms with E-state index < -0.39 is 37.1 Å². The van der Waals surface area contributed by atoms with Crippen molar-refractivity contribution in [3.05, 3.63) is 63.7 Å². The van der Waals surface area contributed by atoms with Crippen molar-refractivity contribution in [3.63, 3.8) is 0 Å². The van der Waals surface area contributed by atoms with E-state index in [9.17, 15) is 20.4 Å². The molecule has 4 rings (SSSR count). The van der Waals surface area contributed by atoms with Gasteiger partial charge in [0.05, 0.1) is 13.2 Å². The summed E-state index contributed by atoms with van der Waals surface area (Å²) >= 11 is 6.39. The monoisotopic (exact) mass is 422 g/mol. The van der Waals surface area contributed by atoms with Crippen molar-refractivity contribution < 1.29 is 34.6 Å². The Morgan fingerprint density at radius 3 is 2.62 bits per heavy atom. The number of rotatable bonds is 4. The Balaban J connectivity index is 1.59. The molecule has 0 bridgehead atoms. The summed E-state index contributed by atoms with van der Waals surface area (Å²) in [5.41, 5.74) is 3.41. The van der Waals surface area contributed by atoms with Crippen LogP contribution in [0.25, 0.3) is 0 Å². The Kier molecular flexibility index (Phi) is 6.08. The van der Waals surface area contributed by atoms with E-state index in [2.05, 4.69) is 0 Å². The molecule has 2 aliphatic heterocycles. The van der Waals surface area contributed by atoms with Gasteiger partial charge in [0.1, 0.15) is 36.3 Å². The normalized spacial score (nSPS) is 29.2. The zero-order chi connectivity index (χ0) is 20.5. The molecule has 0 spiro atoms. The third-order valence-corrected chi connectivity index (χ3v) is 5.73. The highest BCUT2D eigenvalue weighted by molar-refractivity contribution is 6.31. The van der Waals surface area contributed by atoms with Gasteiger partial charge >= 0.3 is 0 Å². The molecular formula is C21H23ClO7. The van der Waals surface area contributed by atoms with E-state index in [1.54, 1.807) is 12.1 Å². The summed E-state index contributed by atoms with van der Waals surface area (Å²) in [6.45, 7) is 0.266. The van der Waals surface area contributed by atoms with Gasteiger partial charge in [-0.3, -0.25) is 0 Å². The smallest absolute Gasteiger partial charge is 0.189 e. The number of aliphatic hydroxyl groups excluding tert-OH is 4. The van der Waals surface area contributed by atoms with Crippen LogP contribution in [0.2, 0.25) is 5.02 Å². The van der Waals surface area contributed by atoms with E-state index in [-0.39, 0.29) is 6.79 Å². The van der Waals surface area contributed by atoms with Gasteiger partial charge in [-0.1, -0.05) is 29.8 Å². The first-order valence-electron chi connectivity index (χ1n) is 9.39. The maximum Gasteiger partial charge on any atom is 0.189 e. The minimum atomic E-state index is -1.43. The molecule has 0 radical (unpaired) electrons. The molecule has 0 saturated carbocycles. The Hall–Kier alpha value is -1.71. The lowest BCUT2D eigenvalue weighted by atomic mass is 9.90. The minimum Gasteiger partial charge on any atom is -0.467 e. The molecule has 0 amide bonds. The van der Waals surface area contributed by atoms with E-state index >= 15 is 0 Å². The first kappa shape index (κ1) is 20.6. The predicted octanol–water partition coefficient (Wildman–Crippen LogP) is 1.31. The lowest BCUT2D eigenvalue weighted by Gasteiger charge is -2.40. The van der Waals surface area contributed by atoms with Crippen LogP contribution in [0.1, 0.15) is 28.4 Å². The highest BCUT2D eigenvalue weighted by atomic mass is 35.5. The van der Waals surface area contributed by atoms with Gasteiger partial charge < -0.3 is 34.6 Å². The maximum atomic E-state index is 10.4. The van der Waals surface area contributed by atoms with Crippen LogP contribution in [0.15, 0.2) is 36.4 Å². The van der Waals surface area contributed by atoms with Crippen molar-refractivity contribution in [1.29, 1.82) is 0 Å². The molecule has 0 aliphatic carbocycles. The molecule has 29 heavy (non-hydrogen) atoms. The highest BCUT2D eigenvalue weighted by Gasteiger charge is 2.44. The van der Waals surface area contributed by atoms with E-state index in [4.69, 9.17) is 25.8 Å². The van der Waals surface area contributed by atoms with Crippen molar-refractivity contribution >= 4 is 11.6 Å². The summed E-state index contributed by atoms with van der Waals surface area (Å²) in [4.78, 5) is 0. The van der Waals surface area contributed by atoms with Gasteiger partial charge in [0.15, 0.2) is 6.79 Å². The first-order valence-corrected chi connectivity index (χ1v) is 9.77. The molecule has 7 nitrogen and oxygen atoms in total. The van der Waals surface area contributed by atoms with Gasteiger partial charge in [-0.2, -0.15) is 0 Å². The zero-order valence-electron chi connectivity index (χ0n) is 15.6. The van der Waals surface area contributed by atoms with Crippen molar-refractivity contribution in [2.75, 3.05) is 13.4 Å². The molecule has 8 heteroatoms. The van der Waals surface area contributed by atoms with Crippen LogP contribution in [-0.4, -0.2) is 58.2 Å². The number of aliphatic hydroxyl groups is 4. The Morgan fingerprint density at radius 2 is 1.83 bits per heavy atom. The number of ether oxygens (including phenoxy) is 3. The number of benzene rings is 2. The molecule has 2 aliphatic rings. The third-order valence-electron chi connectivity index (χ3n) is 5.37. The second-order valence-corrected chi connectivity index (χ2v) is 7.74. The summed E-state index contributed by atoms with van der Waals surface area (Å²) in [5.74, 6) is 0.807. The fourth-order valence-electron chi connectivity index (χ4n) is 3.76. The Morgan fingerprint density at radius 1 is 1.00 bits per heavy atom. The molecule has 0 aromatic heterocycles. The van der Waals surface area contributed by atoms with Gasteiger partial charge in [-0.05, 0) is 41.3 Å². The van der Waals surface area contributed by atoms with Crippen LogP contribution in [0.4, 0.5) is 0 Å². The number of hydrogen-bond acceptors (Lipinski definition) is 7. The molecule has 156 valence electrons. The van der Waals surface area contributed by atoms with Crippen LogP contribution in [0.3, 0.4) is 0 Å². The third kappa shape index (κ3) is 4.13. The largest absolute Gasteiger partial charge is 0.467 e. The Bertz CT molecular complexity index is 872. The average Bonchev–Trinajstić information content (AvgIpc) is 2.74. The molecule has 2 heterocycles. The number of hydrogen-bond donors (Lipinski definition) is 4. The predicted molar refractivity (Wildman–Crippen MR) is 104 cm³/mol. The molecule has 4 N–H and O–H groups in total. The van der Waals surface area contributed by atoms with Crippen molar-refractivity contribution in [2.24, 2.45) is 0 Å². The fourth-order valence-corrected chi connectivity index (χ4v) is 3.94. The van der Waals surface area contributed by atoms with Crippen molar-refractivity contribution in [2.45, 2.75) is 43.5 Å². The van der Waals surface area contributed by atoms with E-state index in [0.29, 0.717) is 23.6 Å². The van der Waals surface area contributed by atoms with Gasteiger partial charge in [-0.25, -0.2) is 0 Å². The summed E-state index contributed by atoms with van der Waals surface area (Å²) in [5, 5.41) is 40.4. The lowest BCUT2D eigenvalue weighted by Crippen LogP contribution is -2.55. The summed E-state index contributed by atoms with van der Waals surface area (Å²) in [6.07, 6.45) is -5.47. The SMILES string of the molecule is OC[C@H]1O[C@@H](c2ccc(Cl)c(Cc3ccc4c(c3)COCO4)c2)[C@H](O)C(O)[C@@H]1O. The summed E-state index contributed by atoms with van der Waals surface area (Å²) in [7, 11) is 0. The molecule has 1 unspecified atom stereocenters. The van der Waals surface area contributed by atoms with Crippen LogP contribution in [0.5, 0.6) is 5.75 Å². The fraction of sp³-hybridized carbons (Fsp3) is 0.429. The Labute approximate surface area is 173 Å². The molecule has 1 fully saturated rings. The standard InChI is InChI=1S/C21H23ClO7/c22-15-3-2-12(21-20(26)19(25)18(24)17(8-23)29-21)7-13(15)5-11-1-4-16-14(6-11)9-27-10-28-16/h1-4,6-7,17-21,23-26H,5,8-10H2/t17-,18-,19?,20-,21+/m1/s1. The van der Waals surface area contributed by atoms with Gasteiger partial charge in [0.2, 0.25) is 0 Å². The molecule has 5 atom stereocenters. The average molecular weight is 423 g/mol. The summed E-state index contributed by atoms with van der Waals surface area (Å²) < 4.78 is 16.4. The first-order chi connectivity index (χ1) is 14.0. The van der Waals surface area contributed by atoms with Crippen molar-refractivity contribution in [1.82, 2.24) is 0 Å². The van der Waals surface area contributed by atoms with E-state index in [1.807, 2.05) is 24.3 Å². The van der Waals surface area contributed by atoms with Crippen LogP contribution in [-0.2, 0) is 22.5 Å². The quantitative estimate of drug-likeness (QED) is 0.588. The number of fused-ring (bicyclic) bond motifs is 1. The molecule has 2 aromatic rings. The molecule has 1 saturated heterocycles.